The molecule has 110 valence electrons. The molecule has 0 unspecified atom stereocenters. The Labute approximate surface area is 141 Å². The van der Waals surface area contributed by atoms with E-state index in [1.165, 1.54) is 9.13 Å². The number of carbonyl (C=O) groups excluding carboxylic acids is 1. The molecule has 2 aliphatic rings. The van der Waals surface area contributed by atoms with Crippen LogP contribution in [-0.2, 0) is 11.2 Å². The van der Waals surface area contributed by atoms with Crippen molar-refractivity contribution >= 4 is 40.0 Å². The molecule has 0 radical (unpaired) electrons. The standard InChI is InChI=1S/C16H13IN4O/c17-13-3-1-2-12-11(13)4-6-21-14(12)8-15(19-9-16(21)22)20-7-5-18-10-20/h1-3,5,7-8,10H,4,6,9H2. The number of aromatic nitrogens is 2. The molecule has 22 heavy (non-hydrogen) atoms. The van der Waals surface area contributed by atoms with Gasteiger partial charge in [0.2, 0.25) is 5.91 Å². The van der Waals surface area contributed by atoms with Gasteiger partial charge < -0.3 is 4.90 Å². The lowest BCUT2D eigenvalue weighted by molar-refractivity contribution is -0.126. The van der Waals surface area contributed by atoms with Crippen LogP contribution in [0.25, 0.3) is 5.70 Å². The molecule has 2 aromatic rings. The first kappa shape index (κ1) is 13.7. The molecule has 0 spiro atoms. The van der Waals surface area contributed by atoms with Crippen LogP contribution in [0.4, 0.5) is 0 Å². The minimum absolute atomic E-state index is 0.0471. The van der Waals surface area contributed by atoms with Crippen molar-refractivity contribution in [3.63, 3.8) is 0 Å². The molecule has 0 saturated carbocycles. The van der Waals surface area contributed by atoms with Gasteiger partial charge in [0.15, 0.2) is 0 Å². The fourth-order valence-corrected chi connectivity index (χ4v) is 3.68. The molecule has 5 nitrogen and oxygen atoms in total. The normalized spacial score (nSPS) is 17.3. The number of nitrogens with zero attached hydrogens (tertiary/aromatic N) is 4. The molecule has 1 aromatic heterocycles. The summed E-state index contributed by atoms with van der Waals surface area (Å²) in [5.74, 6) is 0.793. The minimum Gasteiger partial charge on any atom is -0.310 e. The van der Waals surface area contributed by atoms with Crippen LogP contribution in [0.2, 0.25) is 0 Å². The van der Waals surface area contributed by atoms with Crippen LogP contribution in [0, 0.1) is 3.57 Å². The summed E-state index contributed by atoms with van der Waals surface area (Å²) in [5, 5.41) is 0. The van der Waals surface area contributed by atoms with Crippen molar-refractivity contribution in [1.29, 1.82) is 0 Å². The Bertz CT molecular complexity index is 808. The van der Waals surface area contributed by atoms with Crippen LogP contribution in [-0.4, -0.2) is 39.3 Å². The van der Waals surface area contributed by atoms with Gasteiger partial charge in [-0.2, -0.15) is 0 Å². The molecule has 1 amide bonds. The molecular weight excluding hydrogens is 391 g/mol. The van der Waals surface area contributed by atoms with Gasteiger partial charge in [0, 0.05) is 34.1 Å². The zero-order valence-electron chi connectivity index (χ0n) is 11.7. The Kier molecular flexibility index (Phi) is 3.33. The van der Waals surface area contributed by atoms with Crippen molar-refractivity contribution in [1.82, 2.24) is 14.5 Å². The molecule has 6 heteroatoms. The maximum absolute atomic E-state index is 12.4. The number of carbonyl (C=O) groups is 1. The zero-order chi connectivity index (χ0) is 15.1. The summed E-state index contributed by atoms with van der Waals surface area (Å²) >= 11 is 2.36. The SMILES string of the molecule is O=C1CN=C(n2ccnc2)C=C2c3cccc(I)c3CCN12. The van der Waals surface area contributed by atoms with Gasteiger partial charge in [-0.3, -0.25) is 14.4 Å². The third kappa shape index (κ3) is 2.18. The monoisotopic (exact) mass is 404 g/mol. The van der Waals surface area contributed by atoms with Crippen molar-refractivity contribution in [3.8, 4) is 0 Å². The smallest absolute Gasteiger partial charge is 0.248 e. The van der Waals surface area contributed by atoms with Crippen LogP contribution in [0.3, 0.4) is 0 Å². The number of fused-ring (bicyclic) bond motifs is 3. The molecule has 0 N–H and O–H groups in total. The Morgan fingerprint density at radius 3 is 3.00 bits per heavy atom. The van der Waals surface area contributed by atoms with Gasteiger partial charge in [0.1, 0.15) is 18.7 Å². The Morgan fingerprint density at radius 2 is 2.18 bits per heavy atom. The molecule has 0 saturated heterocycles. The highest BCUT2D eigenvalue weighted by atomic mass is 127. The van der Waals surface area contributed by atoms with Crippen molar-refractivity contribution < 1.29 is 4.79 Å². The van der Waals surface area contributed by atoms with E-state index in [0.29, 0.717) is 6.54 Å². The largest absolute Gasteiger partial charge is 0.310 e. The van der Waals surface area contributed by atoms with Crippen LogP contribution in [0.1, 0.15) is 11.1 Å². The van der Waals surface area contributed by atoms with Crippen molar-refractivity contribution in [2.24, 2.45) is 4.99 Å². The average molecular weight is 404 g/mol. The molecule has 2 aliphatic heterocycles. The second-order valence-electron chi connectivity index (χ2n) is 5.24. The second-order valence-corrected chi connectivity index (χ2v) is 6.40. The first-order valence-corrected chi connectivity index (χ1v) is 8.14. The quantitative estimate of drug-likeness (QED) is 0.633. The van der Waals surface area contributed by atoms with E-state index in [9.17, 15) is 4.79 Å². The molecule has 3 heterocycles. The Balaban J connectivity index is 1.89. The molecule has 1 aromatic carbocycles. The summed E-state index contributed by atoms with van der Waals surface area (Å²) in [6.45, 7) is 0.886. The number of hydrogen-bond acceptors (Lipinski definition) is 3. The van der Waals surface area contributed by atoms with E-state index in [1.807, 2.05) is 27.8 Å². The highest BCUT2D eigenvalue weighted by Crippen LogP contribution is 2.32. The topological polar surface area (TPSA) is 50.5 Å². The predicted octanol–water partition coefficient (Wildman–Crippen LogP) is 2.17. The van der Waals surface area contributed by atoms with E-state index >= 15 is 0 Å². The number of rotatable bonds is 0. The fraction of sp³-hybridized carbons (Fsp3) is 0.188. The number of allylic oxidation sites excluding steroid dienone is 1. The lowest BCUT2D eigenvalue weighted by atomic mass is 9.96. The third-order valence-electron chi connectivity index (χ3n) is 3.98. The molecule has 0 aliphatic carbocycles. The summed E-state index contributed by atoms with van der Waals surface area (Å²) in [5.41, 5.74) is 3.38. The lowest BCUT2D eigenvalue weighted by Gasteiger charge is -2.31. The number of imidazole rings is 1. The van der Waals surface area contributed by atoms with E-state index in [4.69, 9.17) is 0 Å². The fourth-order valence-electron chi connectivity index (χ4n) is 2.91. The molecule has 0 atom stereocenters. The number of benzene rings is 1. The molecular formula is C16H13IN4O. The molecule has 0 bridgehead atoms. The van der Waals surface area contributed by atoms with Crippen LogP contribution in [0.15, 0.2) is 48.0 Å². The van der Waals surface area contributed by atoms with E-state index in [0.717, 1.165) is 23.5 Å². The van der Waals surface area contributed by atoms with E-state index in [2.05, 4.69) is 44.7 Å². The van der Waals surface area contributed by atoms with Crippen LogP contribution in [0.5, 0.6) is 0 Å². The maximum Gasteiger partial charge on any atom is 0.248 e. The molecule has 4 rings (SSSR count). The first-order valence-electron chi connectivity index (χ1n) is 7.06. The number of aliphatic imine (C=N–C) groups is 1. The Morgan fingerprint density at radius 1 is 1.27 bits per heavy atom. The summed E-state index contributed by atoms with van der Waals surface area (Å²) in [6.07, 6.45) is 8.13. The van der Waals surface area contributed by atoms with Gasteiger partial charge in [0.25, 0.3) is 0 Å². The first-order chi connectivity index (χ1) is 10.7. The third-order valence-corrected chi connectivity index (χ3v) is 4.99. The van der Waals surface area contributed by atoms with Crippen molar-refractivity contribution in [3.05, 3.63) is 57.7 Å². The summed E-state index contributed by atoms with van der Waals surface area (Å²) in [7, 11) is 0. The predicted molar refractivity (Wildman–Crippen MR) is 92.5 cm³/mol. The molecule has 0 fully saturated rings. The van der Waals surface area contributed by atoms with Crippen LogP contribution < -0.4 is 0 Å². The zero-order valence-corrected chi connectivity index (χ0v) is 13.9. The van der Waals surface area contributed by atoms with E-state index in [-0.39, 0.29) is 12.5 Å². The van der Waals surface area contributed by atoms with Crippen LogP contribution >= 0.6 is 22.6 Å². The van der Waals surface area contributed by atoms with Gasteiger partial charge in [-0.1, -0.05) is 12.1 Å². The highest BCUT2D eigenvalue weighted by Gasteiger charge is 2.28. The van der Waals surface area contributed by atoms with Gasteiger partial charge in [-0.15, -0.1) is 0 Å². The van der Waals surface area contributed by atoms with E-state index in [1.54, 1.807) is 12.5 Å². The van der Waals surface area contributed by atoms with Crippen molar-refractivity contribution in [2.45, 2.75) is 6.42 Å². The number of halogens is 1. The summed E-state index contributed by atoms with van der Waals surface area (Å²) in [4.78, 5) is 22.8. The van der Waals surface area contributed by atoms with Gasteiger partial charge in [0.05, 0.1) is 5.70 Å². The van der Waals surface area contributed by atoms with Gasteiger partial charge in [-0.05, 0) is 40.6 Å². The average Bonchev–Trinajstić information content (AvgIpc) is 3.00. The van der Waals surface area contributed by atoms with Gasteiger partial charge in [-0.25, -0.2) is 4.98 Å². The van der Waals surface area contributed by atoms with E-state index < -0.39 is 0 Å². The summed E-state index contributed by atoms with van der Waals surface area (Å²) < 4.78 is 3.08. The summed E-state index contributed by atoms with van der Waals surface area (Å²) in [6, 6.07) is 6.23. The second kappa shape index (κ2) is 5.35. The highest BCUT2D eigenvalue weighted by molar-refractivity contribution is 14.1. The number of amides is 1. The lowest BCUT2D eigenvalue weighted by Crippen LogP contribution is -2.36. The number of hydrogen-bond donors (Lipinski definition) is 0. The van der Waals surface area contributed by atoms with Gasteiger partial charge >= 0.3 is 0 Å². The van der Waals surface area contributed by atoms with Crippen molar-refractivity contribution in [2.75, 3.05) is 13.1 Å². The Hall–Kier alpha value is -1.96. The minimum atomic E-state index is 0.0471. The maximum atomic E-state index is 12.4.